The van der Waals surface area contributed by atoms with Crippen molar-refractivity contribution in [3.8, 4) is 0 Å². The van der Waals surface area contributed by atoms with E-state index in [4.69, 9.17) is 0 Å². The highest BCUT2D eigenvalue weighted by Crippen LogP contribution is 2.25. The molecule has 0 aliphatic carbocycles. The van der Waals surface area contributed by atoms with Gasteiger partial charge < -0.3 is 4.90 Å². The molecule has 1 aliphatic heterocycles. The number of hydrogen-bond donors (Lipinski definition) is 1. The Bertz CT molecular complexity index is 1040. The third kappa shape index (κ3) is 5.18. The fraction of sp³-hybridized carbons (Fsp3) is 0.368. The van der Waals surface area contributed by atoms with E-state index in [9.17, 15) is 13.2 Å². The van der Waals surface area contributed by atoms with Crippen LogP contribution in [0.2, 0.25) is 0 Å². The van der Waals surface area contributed by atoms with Crippen LogP contribution in [0.4, 0.5) is 0 Å². The molecule has 1 aliphatic rings. The summed E-state index contributed by atoms with van der Waals surface area (Å²) >= 11 is 4.46. The number of sulfonamides is 1. The molecule has 0 saturated carbocycles. The summed E-state index contributed by atoms with van der Waals surface area (Å²) < 4.78 is 28.9. The molecule has 6 nitrogen and oxygen atoms in total. The zero-order valence-electron chi connectivity index (χ0n) is 15.6. The van der Waals surface area contributed by atoms with E-state index in [1.165, 1.54) is 16.0 Å². The van der Waals surface area contributed by atoms with Crippen molar-refractivity contribution in [1.29, 1.82) is 0 Å². The van der Waals surface area contributed by atoms with E-state index in [2.05, 4.69) is 15.8 Å². The second kappa shape index (κ2) is 9.13. The van der Waals surface area contributed by atoms with Gasteiger partial charge in [0.25, 0.3) is 0 Å². The summed E-state index contributed by atoms with van der Waals surface area (Å²) in [6.45, 7) is 1.16. The Hall–Kier alpha value is -1.46. The number of para-hydroxylation sites is 1. The van der Waals surface area contributed by atoms with E-state index < -0.39 is 10.0 Å². The Morgan fingerprint density at radius 3 is 2.72 bits per heavy atom. The standard InChI is InChI=1S/C19H21N3O3S4/c23-18(13-26-12-17-20-15-4-1-2-5-16(15)28-17)22-9-7-14(8-10-22)21-29(24,25)19-6-3-11-27-19/h1-6,11,14,21H,7-10,12-13H2. The van der Waals surface area contributed by atoms with Crippen LogP contribution in [-0.4, -0.2) is 49.1 Å². The Kier molecular flexibility index (Phi) is 6.55. The number of thioether (sulfide) groups is 1. The normalized spacial score (nSPS) is 15.8. The molecule has 3 aromatic rings. The molecule has 0 atom stereocenters. The van der Waals surface area contributed by atoms with Gasteiger partial charge in [-0.25, -0.2) is 18.1 Å². The van der Waals surface area contributed by atoms with E-state index in [0.717, 1.165) is 16.3 Å². The van der Waals surface area contributed by atoms with E-state index in [-0.39, 0.29) is 11.9 Å². The molecule has 1 amide bonds. The van der Waals surface area contributed by atoms with Crippen LogP contribution >= 0.6 is 34.4 Å². The van der Waals surface area contributed by atoms with Gasteiger partial charge in [0.1, 0.15) is 9.22 Å². The fourth-order valence-electron chi connectivity index (χ4n) is 3.24. The molecule has 0 spiro atoms. The Labute approximate surface area is 182 Å². The number of benzene rings is 1. The Morgan fingerprint density at radius 2 is 2.00 bits per heavy atom. The first-order valence-electron chi connectivity index (χ1n) is 9.27. The lowest BCUT2D eigenvalue weighted by atomic mass is 10.1. The lowest BCUT2D eigenvalue weighted by molar-refractivity contribution is -0.129. The first kappa shape index (κ1) is 20.8. The van der Waals surface area contributed by atoms with Gasteiger partial charge in [-0.2, -0.15) is 0 Å². The molecule has 2 aromatic heterocycles. The molecule has 1 fully saturated rings. The molecule has 154 valence electrons. The highest BCUT2D eigenvalue weighted by Gasteiger charge is 2.27. The summed E-state index contributed by atoms with van der Waals surface area (Å²) in [6, 6.07) is 11.3. The highest BCUT2D eigenvalue weighted by molar-refractivity contribution is 7.99. The molecule has 0 unspecified atom stereocenters. The molecule has 0 bridgehead atoms. The third-order valence-corrected chi connectivity index (χ3v) is 9.78. The quantitative estimate of drug-likeness (QED) is 0.575. The van der Waals surface area contributed by atoms with Crippen molar-refractivity contribution in [2.75, 3.05) is 18.8 Å². The average Bonchev–Trinajstić information content (AvgIpc) is 3.38. The van der Waals surface area contributed by atoms with Gasteiger partial charge >= 0.3 is 0 Å². The van der Waals surface area contributed by atoms with Gasteiger partial charge in [0.2, 0.25) is 15.9 Å². The Balaban J connectivity index is 1.22. The van der Waals surface area contributed by atoms with Crippen LogP contribution in [0, 0.1) is 0 Å². The summed E-state index contributed by atoms with van der Waals surface area (Å²) in [5.74, 6) is 1.25. The van der Waals surface area contributed by atoms with E-state index in [1.54, 1.807) is 40.6 Å². The number of likely N-dealkylation sites (tertiary alicyclic amines) is 1. The average molecular weight is 468 g/mol. The van der Waals surface area contributed by atoms with E-state index in [1.807, 2.05) is 23.1 Å². The van der Waals surface area contributed by atoms with Gasteiger partial charge in [-0.15, -0.1) is 34.4 Å². The van der Waals surface area contributed by atoms with Crippen molar-refractivity contribution >= 4 is 60.6 Å². The van der Waals surface area contributed by atoms with E-state index in [0.29, 0.717) is 35.9 Å². The van der Waals surface area contributed by atoms with Crippen LogP contribution in [0.15, 0.2) is 46.0 Å². The van der Waals surface area contributed by atoms with Crippen molar-refractivity contribution in [2.24, 2.45) is 0 Å². The summed E-state index contributed by atoms with van der Waals surface area (Å²) in [5, 5.41) is 2.78. The maximum Gasteiger partial charge on any atom is 0.250 e. The van der Waals surface area contributed by atoms with Crippen molar-refractivity contribution in [2.45, 2.75) is 28.8 Å². The zero-order chi connectivity index (χ0) is 20.3. The molecule has 3 heterocycles. The topological polar surface area (TPSA) is 79.4 Å². The van der Waals surface area contributed by atoms with Crippen molar-refractivity contribution in [3.63, 3.8) is 0 Å². The molecule has 1 N–H and O–H groups in total. The monoisotopic (exact) mass is 467 g/mol. The number of nitrogens with one attached hydrogen (secondary N) is 1. The summed E-state index contributed by atoms with van der Waals surface area (Å²) in [5.41, 5.74) is 1.01. The van der Waals surface area contributed by atoms with Crippen LogP contribution in [0.25, 0.3) is 10.2 Å². The van der Waals surface area contributed by atoms with Crippen LogP contribution < -0.4 is 4.72 Å². The van der Waals surface area contributed by atoms with Crippen LogP contribution in [0.5, 0.6) is 0 Å². The minimum atomic E-state index is -3.46. The number of carbonyl (C=O) groups is 1. The minimum absolute atomic E-state index is 0.107. The second-order valence-electron chi connectivity index (χ2n) is 6.78. The molecule has 1 aromatic carbocycles. The van der Waals surface area contributed by atoms with Crippen LogP contribution in [0.3, 0.4) is 0 Å². The molecule has 4 rings (SSSR count). The number of rotatable bonds is 7. The number of nitrogens with zero attached hydrogens (tertiary/aromatic N) is 2. The van der Waals surface area contributed by atoms with Gasteiger partial charge in [-0.05, 0) is 36.4 Å². The number of fused-ring (bicyclic) bond motifs is 1. The first-order chi connectivity index (χ1) is 14.0. The van der Waals surface area contributed by atoms with Crippen molar-refractivity contribution < 1.29 is 13.2 Å². The van der Waals surface area contributed by atoms with Gasteiger partial charge in [-0.1, -0.05) is 18.2 Å². The Morgan fingerprint density at radius 1 is 1.21 bits per heavy atom. The molecule has 1 saturated heterocycles. The third-order valence-electron chi connectivity index (χ3n) is 4.72. The molecule has 0 radical (unpaired) electrons. The van der Waals surface area contributed by atoms with Gasteiger partial charge in [0.05, 0.1) is 16.0 Å². The number of piperidine rings is 1. The lowest BCUT2D eigenvalue weighted by Crippen LogP contribution is -2.46. The summed E-state index contributed by atoms with van der Waals surface area (Å²) in [4.78, 5) is 18.9. The maximum atomic E-state index is 12.5. The molecular formula is C19H21N3O3S4. The predicted molar refractivity (Wildman–Crippen MR) is 120 cm³/mol. The second-order valence-corrected chi connectivity index (χ2v) is 11.8. The number of thiophene rings is 1. The zero-order valence-corrected chi connectivity index (χ0v) is 18.9. The fourth-order valence-corrected chi connectivity index (χ4v) is 7.50. The molecule has 10 heteroatoms. The summed E-state index contributed by atoms with van der Waals surface area (Å²) in [6.07, 6.45) is 1.28. The van der Waals surface area contributed by atoms with E-state index >= 15 is 0 Å². The van der Waals surface area contributed by atoms with Crippen molar-refractivity contribution in [1.82, 2.24) is 14.6 Å². The maximum absolute atomic E-state index is 12.5. The smallest absolute Gasteiger partial charge is 0.250 e. The predicted octanol–water partition coefficient (Wildman–Crippen LogP) is 3.56. The first-order valence-corrected chi connectivity index (χ1v) is 13.6. The van der Waals surface area contributed by atoms with Gasteiger partial charge in [0, 0.05) is 24.9 Å². The summed E-state index contributed by atoms with van der Waals surface area (Å²) in [7, 11) is -3.46. The minimum Gasteiger partial charge on any atom is -0.342 e. The SMILES string of the molecule is O=C(CSCc1nc2ccccc2s1)N1CCC(NS(=O)(=O)c2cccs2)CC1. The van der Waals surface area contributed by atoms with Crippen molar-refractivity contribution in [3.05, 3.63) is 46.8 Å². The number of thiazole rings is 1. The number of amides is 1. The number of carbonyl (C=O) groups excluding carboxylic acids is 1. The van der Waals surface area contributed by atoms with Gasteiger partial charge in [0.15, 0.2) is 0 Å². The number of hydrogen-bond acceptors (Lipinski definition) is 7. The lowest BCUT2D eigenvalue weighted by Gasteiger charge is -2.32. The molecular weight excluding hydrogens is 446 g/mol. The van der Waals surface area contributed by atoms with Crippen LogP contribution in [-0.2, 0) is 20.6 Å². The van der Waals surface area contributed by atoms with Crippen LogP contribution in [0.1, 0.15) is 17.8 Å². The molecule has 29 heavy (non-hydrogen) atoms. The largest absolute Gasteiger partial charge is 0.342 e. The highest BCUT2D eigenvalue weighted by atomic mass is 32.2. The van der Waals surface area contributed by atoms with Gasteiger partial charge in [-0.3, -0.25) is 4.79 Å². The number of aromatic nitrogens is 1.